The Morgan fingerprint density at radius 1 is 1.36 bits per heavy atom. The molecular weight excluding hydrogens is 470 g/mol. The number of nitrogens with two attached hydrogens (primary N) is 1. The molecule has 142 valence electrons. The molecule has 1 aliphatic heterocycles. The largest absolute Gasteiger partial charge is 0.370 e. The number of likely N-dealkylation sites (tertiary alicyclic amines) is 1. The van der Waals surface area contributed by atoms with Crippen molar-refractivity contribution < 1.29 is 0 Å². The molecule has 1 aromatic carbocycles. The van der Waals surface area contributed by atoms with Gasteiger partial charge in [0.2, 0.25) is 0 Å². The summed E-state index contributed by atoms with van der Waals surface area (Å²) >= 11 is 12.2. The van der Waals surface area contributed by atoms with Crippen LogP contribution in [0, 0.1) is 5.92 Å². The molecule has 1 fully saturated rings. The Bertz CT molecular complexity index is 560. The number of aliphatic imine (C=N–C) groups is 1. The molecule has 3 N–H and O–H groups in total. The Balaban J connectivity index is 0.00000312. The van der Waals surface area contributed by atoms with E-state index in [4.69, 9.17) is 28.9 Å². The van der Waals surface area contributed by atoms with Crippen LogP contribution in [0.25, 0.3) is 0 Å². The monoisotopic (exact) mass is 498 g/mol. The first-order valence-corrected chi connectivity index (χ1v) is 9.49. The summed E-state index contributed by atoms with van der Waals surface area (Å²) in [6.45, 7) is 8.60. The number of nitrogens with zero attached hydrogens (tertiary/aromatic N) is 2. The second-order valence-corrected chi connectivity index (χ2v) is 7.39. The number of guanidine groups is 1. The SMILES string of the molecule is CCCN1CCC(CN=C(N)NC(C)c2ccc(Cl)cc2Cl)CC1.I. The minimum absolute atomic E-state index is 0. The molecule has 1 aliphatic rings. The highest BCUT2D eigenvalue weighted by Gasteiger charge is 2.18. The maximum atomic E-state index is 6.24. The van der Waals surface area contributed by atoms with Crippen LogP contribution >= 0.6 is 47.2 Å². The van der Waals surface area contributed by atoms with E-state index in [-0.39, 0.29) is 30.0 Å². The van der Waals surface area contributed by atoms with E-state index in [0.717, 1.165) is 12.1 Å². The van der Waals surface area contributed by atoms with Crippen molar-refractivity contribution in [3.63, 3.8) is 0 Å². The number of hydrogen-bond acceptors (Lipinski definition) is 2. The molecule has 0 spiro atoms. The van der Waals surface area contributed by atoms with Crippen LogP contribution in [-0.4, -0.2) is 37.0 Å². The summed E-state index contributed by atoms with van der Waals surface area (Å²) in [6, 6.07) is 5.48. The summed E-state index contributed by atoms with van der Waals surface area (Å²) in [7, 11) is 0. The van der Waals surface area contributed by atoms with Crippen LogP contribution in [0.4, 0.5) is 0 Å². The first-order valence-electron chi connectivity index (χ1n) is 8.73. The lowest BCUT2D eigenvalue weighted by atomic mass is 9.97. The Labute approximate surface area is 178 Å². The normalized spacial score (nSPS) is 17.8. The van der Waals surface area contributed by atoms with Gasteiger partial charge in [-0.1, -0.05) is 36.2 Å². The van der Waals surface area contributed by atoms with Crippen molar-refractivity contribution >= 4 is 53.1 Å². The number of rotatable bonds is 6. The Kier molecular flexibility index (Phi) is 10.5. The molecule has 7 heteroatoms. The van der Waals surface area contributed by atoms with Gasteiger partial charge in [-0.15, -0.1) is 24.0 Å². The summed E-state index contributed by atoms with van der Waals surface area (Å²) in [5, 5.41) is 4.48. The van der Waals surface area contributed by atoms with Crippen LogP contribution in [0.5, 0.6) is 0 Å². The lowest BCUT2D eigenvalue weighted by Gasteiger charge is -2.31. The number of halogens is 3. The molecule has 2 rings (SSSR count). The second kappa shape index (κ2) is 11.5. The summed E-state index contributed by atoms with van der Waals surface area (Å²) in [5.41, 5.74) is 7.01. The van der Waals surface area contributed by atoms with Crippen molar-refractivity contribution in [1.82, 2.24) is 10.2 Å². The summed E-state index contributed by atoms with van der Waals surface area (Å²) in [5.74, 6) is 1.11. The third-order valence-corrected chi connectivity index (χ3v) is 5.12. The van der Waals surface area contributed by atoms with E-state index < -0.39 is 0 Å². The average molecular weight is 499 g/mol. The third kappa shape index (κ3) is 7.49. The van der Waals surface area contributed by atoms with Gasteiger partial charge in [-0.05, 0) is 69.4 Å². The highest BCUT2D eigenvalue weighted by Crippen LogP contribution is 2.26. The van der Waals surface area contributed by atoms with Crippen LogP contribution in [0.3, 0.4) is 0 Å². The van der Waals surface area contributed by atoms with Gasteiger partial charge in [0, 0.05) is 16.6 Å². The van der Waals surface area contributed by atoms with Crippen LogP contribution in [-0.2, 0) is 0 Å². The molecule has 0 aromatic heterocycles. The van der Waals surface area contributed by atoms with E-state index >= 15 is 0 Å². The van der Waals surface area contributed by atoms with E-state index in [0.29, 0.717) is 21.9 Å². The summed E-state index contributed by atoms with van der Waals surface area (Å²) in [6.07, 6.45) is 3.63. The van der Waals surface area contributed by atoms with E-state index in [1.54, 1.807) is 6.07 Å². The molecule has 25 heavy (non-hydrogen) atoms. The van der Waals surface area contributed by atoms with Crippen molar-refractivity contribution in [2.45, 2.75) is 39.2 Å². The van der Waals surface area contributed by atoms with Crippen molar-refractivity contribution in [3.05, 3.63) is 33.8 Å². The second-order valence-electron chi connectivity index (χ2n) is 6.54. The summed E-state index contributed by atoms with van der Waals surface area (Å²) < 4.78 is 0. The van der Waals surface area contributed by atoms with E-state index in [1.807, 2.05) is 19.1 Å². The lowest BCUT2D eigenvalue weighted by molar-refractivity contribution is 0.188. The van der Waals surface area contributed by atoms with Crippen LogP contribution < -0.4 is 11.1 Å². The Hall–Kier alpha value is -0.240. The molecule has 0 amide bonds. The van der Waals surface area contributed by atoms with Crippen LogP contribution in [0.15, 0.2) is 23.2 Å². The van der Waals surface area contributed by atoms with Gasteiger partial charge < -0.3 is 16.0 Å². The van der Waals surface area contributed by atoms with Crippen LogP contribution in [0.2, 0.25) is 10.0 Å². The predicted octanol–water partition coefficient (Wildman–Crippen LogP) is 4.70. The zero-order chi connectivity index (χ0) is 17.5. The van der Waals surface area contributed by atoms with Gasteiger partial charge in [-0.25, -0.2) is 0 Å². The highest BCUT2D eigenvalue weighted by molar-refractivity contribution is 14.0. The first kappa shape index (κ1) is 22.8. The molecule has 1 saturated heterocycles. The van der Waals surface area contributed by atoms with Gasteiger partial charge in [0.1, 0.15) is 0 Å². The van der Waals surface area contributed by atoms with Gasteiger partial charge in [-0.3, -0.25) is 4.99 Å². The van der Waals surface area contributed by atoms with Gasteiger partial charge in [0.25, 0.3) is 0 Å². The van der Waals surface area contributed by atoms with Crippen LogP contribution in [0.1, 0.15) is 44.7 Å². The Morgan fingerprint density at radius 3 is 2.64 bits per heavy atom. The smallest absolute Gasteiger partial charge is 0.189 e. The minimum Gasteiger partial charge on any atom is -0.370 e. The zero-order valence-corrected chi connectivity index (χ0v) is 18.8. The molecule has 1 atom stereocenters. The zero-order valence-electron chi connectivity index (χ0n) is 15.0. The molecular formula is C18H29Cl2IN4. The van der Waals surface area contributed by atoms with E-state index in [2.05, 4.69) is 22.1 Å². The Morgan fingerprint density at radius 2 is 2.04 bits per heavy atom. The van der Waals surface area contributed by atoms with E-state index in [1.165, 1.54) is 38.9 Å². The molecule has 1 heterocycles. The molecule has 4 nitrogen and oxygen atoms in total. The van der Waals surface area contributed by atoms with Crippen molar-refractivity contribution in [3.8, 4) is 0 Å². The average Bonchev–Trinajstić information content (AvgIpc) is 2.54. The van der Waals surface area contributed by atoms with Gasteiger partial charge >= 0.3 is 0 Å². The fraction of sp³-hybridized carbons (Fsp3) is 0.611. The first-order chi connectivity index (χ1) is 11.5. The minimum atomic E-state index is -0.00933. The maximum Gasteiger partial charge on any atom is 0.189 e. The van der Waals surface area contributed by atoms with Crippen molar-refractivity contribution in [2.75, 3.05) is 26.2 Å². The fourth-order valence-corrected chi connectivity index (χ4v) is 3.71. The molecule has 0 aliphatic carbocycles. The van der Waals surface area contributed by atoms with Gasteiger partial charge in [-0.2, -0.15) is 0 Å². The number of nitrogens with one attached hydrogen (secondary N) is 1. The molecule has 0 bridgehead atoms. The fourth-order valence-electron chi connectivity index (χ4n) is 3.13. The summed E-state index contributed by atoms with van der Waals surface area (Å²) in [4.78, 5) is 7.06. The van der Waals surface area contributed by atoms with Gasteiger partial charge in [0.05, 0.1) is 6.04 Å². The maximum absolute atomic E-state index is 6.24. The molecule has 1 aromatic rings. The molecule has 0 saturated carbocycles. The van der Waals surface area contributed by atoms with Crippen molar-refractivity contribution in [1.29, 1.82) is 0 Å². The van der Waals surface area contributed by atoms with Gasteiger partial charge in [0.15, 0.2) is 5.96 Å². The standard InChI is InChI=1S/C18H28Cl2N4.HI/c1-3-8-24-9-6-14(7-10-24)12-22-18(21)23-13(2)16-5-4-15(19)11-17(16)20;/h4-5,11,13-14H,3,6-10,12H2,1-2H3,(H3,21,22,23);1H. The number of benzene rings is 1. The lowest BCUT2D eigenvalue weighted by Crippen LogP contribution is -2.37. The predicted molar refractivity (Wildman–Crippen MR) is 119 cm³/mol. The number of piperidine rings is 1. The topological polar surface area (TPSA) is 53.6 Å². The van der Waals surface area contributed by atoms with E-state index in [9.17, 15) is 0 Å². The molecule has 1 unspecified atom stereocenters. The third-order valence-electron chi connectivity index (χ3n) is 4.56. The number of hydrogen-bond donors (Lipinski definition) is 2. The molecule has 0 radical (unpaired) electrons. The highest BCUT2D eigenvalue weighted by atomic mass is 127. The van der Waals surface area contributed by atoms with Crippen molar-refractivity contribution in [2.24, 2.45) is 16.6 Å². The quantitative estimate of drug-likeness (QED) is 0.339.